The van der Waals surface area contributed by atoms with E-state index in [0.29, 0.717) is 4.91 Å². The fourth-order valence-electron chi connectivity index (χ4n) is 3.00. The number of aromatic nitrogens is 2. The van der Waals surface area contributed by atoms with Gasteiger partial charge in [0.15, 0.2) is 0 Å². The SMILES string of the molecule is Cc1nn(CC(=O)NCCN2C(=O)S/C(=C/c3ccccc3)C2=O)c(C)c1[N+](=O)[O-]. The fourth-order valence-corrected chi connectivity index (χ4v) is 3.86. The van der Waals surface area contributed by atoms with Crippen LogP contribution < -0.4 is 5.32 Å². The number of rotatable bonds is 7. The van der Waals surface area contributed by atoms with Gasteiger partial charge in [-0.25, -0.2) is 0 Å². The minimum Gasteiger partial charge on any atom is -0.353 e. The first kappa shape index (κ1) is 21.2. The van der Waals surface area contributed by atoms with Crippen molar-refractivity contribution >= 4 is 40.6 Å². The highest BCUT2D eigenvalue weighted by Gasteiger charge is 2.34. The molecular weight excluding hydrogens is 410 g/mol. The number of thioether (sulfide) groups is 1. The van der Waals surface area contributed by atoms with Crippen molar-refractivity contribution in [2.75, 3.05) is 13.1 Å². The van der Waals surface area contributed by atoms with Crippen LogP contribution in [-0.2, 0) is 16.1 Å². The molecule has 1 aliphatic rings. The van der Waals surface area contributed by atoms with Crippen LogP contribution in [0.3, 0.4) is 0 Å². The van der Waals surface area contributed by atoms with Gasteiger partial charge in [-0.15, -0.1) is 0 Å². The van der Waals surface area contributed by atoms with E-state index in [4.69, 9.17) is 0 Å². The van der Waals surface area contributed by atoms with Gasteiger partial charge in [-0.3, -0.25) is 34.1 Å². The van der Waals surface area contributed by atoms with E-state index in [2.05, 4.69) is 10.4 Å². The number of imide groups is 1. The van der Waals surface area contributed by atoms with E-state index < -0.39 is 22.0 Å². The Bertz CT molecular complexity index is 1050. The number of carbonyl (C=O) groups excluding carboxylic acids is 3. The van der Waals surface area contributed by atoms with Gasteiger partial charge in [0.05, 0.1) is 9.83 Å². The number of hydrogen-bond acceptors (Lipinski definition) is 7. The summed E-state index contributed by atoms with van der Waals surface area (Å²) in [5.74, 6) is -0.834. The van der Waals surface area contributed by atoms with Crippen molar-refractivity contribution in [2.24, 2.45) is 0 Å². The Hall–Kier alpha value is -3.47. The zero-order valence-corrected chi connectivity index (χ0v) is 17.1. The van der Waals surface area contributed by atoms with E-state index in [9.17, 15) is 24.5 Å². The summed E-state index contributed by atoms with van der Waals surface area (Å²) in [5.41, 5.74) is 1.21. The normalized spacial score (nSPS) is 15.1. The van der Waals surface area contributed by atoms with Crippen LogP contribution in [0.1, 0.15) is 17.0 Å². The average Bonchev–Trinajstić information content (AvgIpc) is 3.11. The van der Waals surface area contributed by atoms with Gasteiger partial charge in [-0.05, 0) is 37.2 Å². The zero-order valence-electron chi connectivity index (χ0n) is 16.3. The van der Waals surface area contributed by atoms with Crippen LogP contribution in [0.15, 0.2) is 35.2 Å². The largest absolute Gasteiger partial charge is 0.353 e. The van der Waals surface area contributed by atoms with Crippen molar-refractivity contribution < 1.29 is 19.3 Å². The van der Waals surface area contributed by atoms with E-state index in [1.54, 1.807) is 6.08 Å². The van der Waals surface area contributed by atoms with E-state index in [1.165, 1.54) is 18.5 Å². The van der Waals surface area contributed by atoms with Crippen molar-refractivity contribution in [3.63, 3.8) is 0 Å². The summed E-state index contributed by atoms with van der Waals surface area (Å²) in [5, 5.41) is 17.3. The molecule has 0 atom stereocenters. The molecule has 0 aliphatic carbocycles. The van der Waals surface area contributed by atoms with Crippen LogP contribution in [0.25, 0.3) is 6.08 Å². The molecule has 3 rings (SSSR count). The maximum Gasteiger partial charge on any atom is 0.312 e. The fraction of sp³-hybridized carbons (Fsp3) is 0.263. The number of nitrogens with zero attached hydrogens (tertiary/aromatic N) is 4. The smallest absolute Gasteiger partial charge is 0.312 e. The molecule has 156 valence electrons. The van der Waals surface area contributed by atoms with E-state index in [-0.39, 0.29) is 36.7 Å². The summed E-state index contributed by atoms with van der Waals surface area (Å²) >= 11 is 0.855. The molecule has 1 aromatic carbocycles. The van der Waals surface area contributed by atoms with E-state index in [0.717, 1.165) is 22.2 Å². The second-order valence-corrected chi connectivity index (χ2v) is 7.52. The van der Waals surface area contributed by atoms with Gasteiger partial charge in [-0.1, -0.05) is 30.3 Å². The van der Waals surface area contributed by atoms with Gasteiger partial charge in [0.1, 0.15) is 17.9 Å². The van der Waals surface area contributed by atoms with Crippen LogP contribution >= 0.6 is 11.8 Å². The molecule has 2 heterocycles. The molecule has 1 aliphatic heterocycles. The Morgan fingerprint density at radius 2 is 1.97 bits per heavy atom. The van der Waals surface area contributed by atoms with Gasteiger partial charge >= 0.3 is 5.69 Å². The van der Waals surface area contributed by atoms with Gasteiger partial charge in [0.25, 0.3) is 11.1 Å². The Balaban J connectivity index is 1.55. The first-order valence-corrected chi connectivity index (χ1v) is 9.85. The number of nitrogens with one attached hydrogen (secondary N) is 1. The molecule has 1 N–H and O–H groups in total. The molecule has 0 spiro atoms. The van der Waals surface area contributed by atoms with Crippen LogP contribution in [0, 0.1) is 24.0 Å². The molecule has 0 bridgehead atoms. The number of aryl methyl sites for hydroxylation is 1. The summed E-state index contributed by atoms with van der Waals surface area (Å²) in [6, 6.07) is 9.19. The van der Waals surface area contributed by atoms with Crippen molar-refractivity contribution in [3.8, 4) is 0 Å². The minimum absolute atomic E-state index is 0.0276. The Kier molecular flexibility index (Phi) is 6.31. The Morgan fingerprint density at radius 3 is 2.60 bits per heavy atom. The lowest BCUT2D eigenvalue weighted by atomic mass is 10.2. The van der Waals surface area contributed by atoms with Gasteiger partial charge in [0, 0.05) is 13.1 Å². The molecule has 1 saturated heterocycles. The van der Waals surface area contributed by atoms with Crippen molar-refractivity contribution in [1.29, 1.82) is 0 Å². The quantitative estimate of drug-likeness (QED) is 0.406. The highest BCUT2D eigenvalue weighted by molar-refractivity contribution is 8.18. The van der Waals surface area contributed by atoms with Crippen LogP contribution in [0.5, 0.6) is 0 Å². The van der Waals surface area contributed by atoms with Gasteiger partial charge in [0.2, 0.25) is 5.91 Å². The molecule has 30 heavy (non-hydrogen) atoms. The Labute approximate surface area is 176 Å². The number of carbonyl (C=O) groups is 3. The van der Waals surface area contributed by atoms with Gasteiger partial charge < -0.3 is 5.32 Å². The highest BCUT2D eigenvalue weighted by atomic mass is 32.2. The van der Waals surface area contributed by atoms with E-state index >= 15 is 0 Å². The molecule has 0 unspecified atom stereocenters. The van der Waals surface area contributed by atoms with Crippen molar-refractivity contribution in [3.05, 3.63) is 62.3 Å². The lowest BCUT2D eigenvalue weighted by Gasteiger charge is -2.13. The zero-order chi connectivity index (χ0) is 21.8. The minimum atomic E-state index is -0.533. The summed E-state index contributed by atoms with van der Waals surface area (Å²) in [4.78, 5) is 48.7. The molecule has 2 aromatic rings. The van der Waals surface area contributed by atoms with Crippen molar-refractivity contribution in [1.82, 2.24) is 20.0 Å². The van der Waals surface area contributed by atoms with Crippen LogP contribution in [0.2, 0.25) is 0 Å². The predicted molar refractivity (Wildman–Crippen MR) is 110 cm³/mol. The first-order valence-electron chi connectivity index (χ1n) is 9.03. The summed E-state index contributed by atoms with van der Waals surface area (Å²) in [6.45, 7) is 2.92. The predicted octanol–water partition coefficient (Wildman–Crippen LogP) is 2.26. The van der Waals surface area contributed by atoms with Crippen molar-refractivity contribution in [2.45, 2.75) is 20.4 Å². The monoisotopic (exact) mass is 429 g/mol. The average molecular weight is 429 g/mol. The summed E-state index contributed by atoms with van der Waals surface area (Å²) < 4.78 is 1.26. The molecule has 3 amide bonds. The lowest BCUT2D eigenvalue weighted by Crippen LogP contribution is -2.38. The first-order chi connectivity index (χ1) is 14.3. The third kappa shape index (κ3) is 4.57. The number of nitro groups is 1. The van der Waals surface area contributed by atoms with Gasteiger partial charge in [-0.2, -0.15) is 5.10 Å². The molecule has 1 fully saturated rings. The molecule has 11 heteroatoms. The number of amides is 3. The maximum absolute atomic E-state index is 12.5. The lowest BCUT2D eigenvalue weighted by molar-refractivity contribution is -0.386. The number of hydrogen-bond donors (Lipinski definition) is 1. The molecule has 10 nitrogen and oxygen atoms in total. The highest BCUT2D eigenvalue weighted by Crippen LogP contribution is 2.31. The van der Waals surface area contributed by atoms with E-state index in [1.807, 2.05) is 30.3 Å². The standard InChI is InChI=1S/C19H19N5O5S/c1-12-17(24(28)29)13(2)23(21-12)11-16(25)20-8-9-22-18(26)15(30-19(22)27)10-14-6-4-3-5-7-14/h3-7,10H,8-9,11H2,1-2H3,(H,20,25)/b15-10+. The summed E-state index contributed by atoms with van der Waals surface area (Å²) in [6.07, 6.45) is 1.65. The third-order valence-electron chi connectivity index (χ3n) is 4.45. The third-order valence-corrected chi connectivity index (χ3v) is 5.36. The molecule has 0 saturated carbocycles. The topological polar surface area (TPSA) is 127 Å². The number of benzene rings is 1. The molecule has 1 aromatic heterocycles. The molecule has 0 radical (unpaired) electrons. The maximum atomic E-state index is 12.5. The van der Waals surface area contributed by atoms with Crippen LogP contribution in [-0.4, -0.2) is 49.7 Å². The second-order valence-electron chi connectivity index (χ2n) is 6.53. The van der Waals surface area contributed by atoms with Crippen LogP contribution in [0.4, 0.5) is 10.5 Å². The summed E-state index contributed by atoms with van der Waals surface area (Å²) in [7, 11) is 0. The Morgan fingerprint density at radius 1 is 1.27 bits per heavy atom. The second kappa shape index (κ2) is 8.91. The molecular formula is C19H19N5O5S.